The van der Waals surface area contributed by atoms with Crippen LogP contribution in [0.4, 0.5) is 0 Å². The van der Waals surface area contributed by atoms with Crippen molar-refractivity contribution >= 4 is 21.7 Å². The second-order valence-corrected chi connectivity index (χ2v) is 4.06. The number of hydrogen-bond acceptors (Lipinski definition) is 1. The molecule has 1 saturated carbocycles. The Hall–Kier alpha value is -0.110. The summed E-state index contributed by atoms with van der Waals surface area (Å²) in [6, 6.07) is 0. The molecule has 0 aliphatic heterocycles. The summed E-state index contributed by atoms with van der Waals surface area (Å²) in [7, 11) is 0. The van der Waals surface area contributed by atoms with Gasteiger partial charge in [0.2, 0.25) is 0 Å². The second-order valence-electron chi connectivity index (χ2n) is 3.10. The average molecular weight is 217 g/mol. The summed E-state index contributed by atoms with van der Waals surface area (Å²) in [6.45, 7) is 3.60. The summed E-state index contributed by atoms with van der Waals surface area (Å²) in [5, 5.41) is 0. The zero-order chi connectivity index (χ0) is 8.27. The van der Waals surface area contributed by atoms with Crippen LogP contribution in [-0.2, 0) is 4.79 Å². The van der Waals surface area contributed by atoms with Crippen molar-refractivity contribution in [1.29, 1.82) is 0 Å². The van der Waals surface area contributed by atoms with E-state index in [0.29, 0.717) is 4.48 Å². The minimum Gasteiger partial charge on any atom is -0.293 e. The maximum Gasteiger partial charge on any atom is 0.172 e. The molecule has 0 unspecified atom stereocenters. The number of rotatable bonds is 2. The molecule has 0 spiro atoms. The third-order valence-electron chi connectivity index (χ3n) is 2.24. The first-order valence-corrected chi connectivity index (χ1v) is 4.89. The van der Waals surface area contributed by atoms with Crippen LogP contribution in [0.5, 0.6) is 0 Å². The molecule has 0 aromatic heterocycles. The van der Waals surface area contributed by atoms with Crippen LogP contribution in [0.1, 0.15) is 32.1 Å². The molecule has 0 heterocycles. The van der Waals surface area contributed by atoms with Gasteiger partial charge in [0.05, 0.1) is 4.48 Å². The molecule has 11 heavy (non-hydrogen) atoms. The SMILES string of the molecule is C=C(Br)C(=O)C1CCCCC1. The van der Waals surface area contributed by atoms with E-state index in [0.717, 1.165) is 12.8 Å². The molecule has 0 aromatic rings. The van der Waals surface area contributed by atoms with Crippen molar-refractivity contribution in [2.75, 3.05) is 0 Å². The van der Waals surface area contributed by atoms with E-state index < -0.39 is 0 Å². The lowest BCUT2D eigenvalue weighted by atomic mass is 9.86. The molecular formula is C9H13BrO. The molecule has 1 rings (SSSR count). The fourth-order valence-electron chi connectivity index (χ4n) is 1.59. The highest BCUT2D eigenvalue weighted by molar-refractivity contribution is 9.12. The first-order valence-electron chi connectivity index (χ1n) is 4.10. The standard InChI is InChI=1S/C9H13BrO/c1-7(10)9(11)8-5-3-2-4-6-8/h8H,1-6H2. The van der Waals surface area contributed by atoms with Crippen molar-refractivity contribution in [1.82, 2.24) is 0 Å². The number of ketones is 1. The first kappa shape index (κ1) is 8.98. The number of halogens is 1. The Morgan fingerprint density at radius 1 is 1.27 bits per heavy atom. The van der Waals surface area contributed by atoms with Gasteiger partial charge in [-0.2, -0.15) is 0 Å². The van der Waals surface area contributed by atoms with Crippen LogP contribution < -0.4 is 0 Å². The summed E-state index contributed by atoms with van der Waals surface area (Å²) in [5.74, 6) is 0.473. The summed E-state index contributed by atoms with van der Waals surface area (Å²) in [5.41, 5.74) is 0. The number of Topliss-reactive ketones (excluding diaryl/α,β-unsaturated/α-hetero) is 1. The summed E-state index contributed by atoms with van der Waals surface area (Å²) in [4.78, 5) is 11.4. The van der Waals surface area contributed by atoms with E-state index in [-0.39, 0.29) is 11.7 Å². The van der Waals surface area contributed by atoms with Crippen LogP contribution in [-0.4, -0.2) is 5.78 Å². The molecule has 1 aliphatic rings. The van der Waals surface area contributed by atoms with E-state index in [4.69, 9.17) is 0 Å². The van der Waals surface area contributed by atoms with E-state index >= 15 is 0 Å². The molecule has 1 aliphatic carbocycles. The molecule has 0 bridgehead atoms. The number of carbonyl (C=O) groups excluding carboxylic acids is 1. The maximum absolute atomic E-state index is 11.4. The number of hydrogen-bond donors (Lipinski definition) is 0. The van der Waals surface area contributed by atoms with Crippen molar-refractivity contribution in [3.8, 4) is 0 Å². The van der Waals surface area contributed by atoms with E-state index in [9.17, 15) is 4.79 Å². The molecule has 0 aromatic carbocycles. The summed E-state index contributed by atoms with van der Waals surface area (Å²) < 4.78 is 0.546. The zero-order valence-electron chi connectivity index (χ0n) is 6.61. The van der Waals surface area contributed by atoms with Crippen molar-refractivity contribution in [2.24, 2.45) is 5.92 Å². The average Bonchev–Trinajstić information content (AvgIpc) is 2.05. The number of allylic oxidation sites excluding steroid dienone is 1. The van der Waals surface area contributed by atoms with E-state index in [1.54, 1.807) is 0 Å². The van der Waals surface area contributed by atoms with E-state index in [1.165, 1.54) is 19.3 Å². The van der Waals surface area contributed by atoms with E-state index in [2.05, 4.69) is 22.5 Å². The maximum atomic E-state index is 11.4. The first-order chi connectivity index (χ1) is 5.22. The molecule has 1 nitrogen and oxygen atoms in total. The van der Waals surface area contributed by atoms with Crippen molar-refractivity contribution in [3.05, 3.63) is 11.1 Å². The van der Waals surface area contributed by atoms with Crippen LogP contribution in [0.3, 0.4) is 0 Å². The molecular weight excluding hydrogens is 204 g/mol. The minimum atomic E-state index is 0.213. The fourth-order valence-corrected chi connectivity index (χ4v) is 1.91. The molecule has 0 saturated heterocycles. The third-order valence-corrected chi connectivity index (χ3v) is 2.63. The largest absolute Gasteiger partial charge is 0.293 e. The number of carbonyl (C=O) groups is 1. The molecule has 62 valence electrons. The van der Waals surface area contributed by atoms with Gasteiger partial charge in [-0.15, -0.1) is 0 Å². The molecule has 0 atom stereocenters. The molecule has 0 amide bonds. The smallest absolute Gasteiger partial charge is 0.172 e. The van der Waals surface area contributed by atoms with Crippen LogP contribution >= 0.6 is 15.9 Å². The van der Waals surface area contributed by atoms with Crippen LogP contribution in [0, 0.1) is 5.92 Å². The van der Waals surface area contributed by atoms with Gasteiger partial charge in [-0.3, -0.25) is 4.79 Å². The topological polar surface area (TPSA) is 17.1 Å². The van der Waals surface area contributed by atoms with Crippen molar-refractivity contribution in [2.45, 2.75) is 32.1 Å². The summed E-state index contributed by atoms with van der Waals surface area (Å²) in [6.07, 6.45) is 5.82. The molecule has 1 fully saturated rings. The predicted molar refractivity (Wildman–Crippen MR) is 49.6 cm³/mol. The Morgan fingerprint density at radius 3 is 2.27 bits per heavy atom. The molecule has 0 N–H and O–H groups in total. The fraction of sp³-hybridized carbons (Fsp3) is 0.667. The van der Waals surface area contributed by atoms with Gasteiger partial charge >= 0.3 is 0 Å². The van der Waals surface area contributed by atoms with Crippen molar-refractivity contribution < 1.29 is 4.79 Å². The summed E-state index contributed by atoms with van der Waals surface area (Å²) >= 11 is 3.13. The second kappa shape index (κ2) is 4.05. The highest BCUT2D eigenvalue weighted by atomic mass is 79.9. The lowest BCUT2D eigenvalue weighted by Gasteiger charge is -2.19. The quantitative estimate of drug-likeness (QED) is 0.649. The molecule has 0 radical (unpaired) electrons. The Labute approximate surface area is 76.0 Å². The molecule has 2 heteroatoms. The Balaban J connectivity index is 2.45. The van der Waals surface area contributed by atoms with Gasteiger partial charge in [-0.1, -0.05) is 25.8 Å². The third kappa shape index (κ3) is 2.44. The van der Waals surface area contributed by atoms with Crippen LogP contribution in [0.15, 0.2) is 11.1 Å². The van der Waals surface area contributed by atoms with Crippen molar-refractivity contribution in [3.63, 3.8) is 0 Å². The van der Waals surface area contributed by atoms with Gasteiger partial charge in [-0.25, -0.2) is 0 Å². The van der Waals surface area contributed by atoms with E-state index in [1.807, 2.05) is 0 Å². The van der Waals surface area contributed by atoms with Gasteiger partial charge in [-0.05, 0) is 28.8 Å². The van der Waals surface area contributed by atoms with Gasteiger partial charge in [0.25, 0.3) is 0 Å². The van der Waals surface area contributed by atoms with Crippen LogP contribution in [0.2, 0.25) is 0 Å². The Morgan fingerprint density at radius 2 is 1.82 bits per heavy atom. The van der Waals surface area contributed by atoms with Gasteiger partial charge in [0.1, 0.15) is 0 Å². The lowest BCUT2D eigenvalue weighted by Crippen LogP contribution is -2.16. The van der Waals surface area contributed by atoms with Crippen LogP contribution in [0.25, 0.3) is 0 Å². The highest BCUT2D eigenvalue weighted by Gasteiger charge is 2.21. The minimum absolute atomic E-state index is 0.213. The normalized spacial score (nSPS) is 19.7. The van der Waals surface area contributed by atoms with Gasteiger partial charge in [0, 0.05) is 5.92 Å². The Bertz CT molecular complexity index is 168. The van der Waals surface area contributed by atoms with Gasteiger partial charge < -0.3 is 0 Å². The monoisotopic (exact) mass is 216 g/mol. The lowest BCUT2D eigenvalue weighted by molar-refractivity contribution is -0.119. The zero-order valence-corrected chi connectivity index (χ0v) is 8.19. The Kier molecular flexibility index (Phi) is 3.31. The van der Waals surface area contributed by atoms with Gasteiger partial charge in [0.15, 0.2) is 5.78 Å². The highest BCUT2D eigenvalue weighted by Crippen LogP contribution is 2.27. The predicted octanol–water partition coefficient (Wildman–Crippen LogP) is 3.04.